The number of aromatic hydroxyl groups is 1. The second-order valence-electron chi connectivity index (χ2n) is 4.71. The van der Waals surface area contributed by atoms with Crippen LogP contribution in [0.15, 0.2) is 12.1 Å². The number of carbonyl (C=O) groups is 1. The Morgan fingerprint density at radius 3 is 2.50 bits per heavy atom. The molecule has 1 N–H and O–H groups in total. The van der Waals surface area contributed by atoms with E-state index >= 15 is 0 Å². The number of rotatable bonds is 9. The van der Waals surface area contributed by atoms with Crippen LogP contribution >= 0.6 is 0 Å². The largest absolute Gasteiger partial charge is 0.507 e. The summed E-state index contributed by atoms with van der Waals surface area (Å²) in [4.78, 5) is 11.6. The lowest BCUT2D eigenvalue weighted by atomic mass is 10.1. The normalized spacial score (nSPS) is 10.3. The lowest BCUT2D eigenvalue weighted by Crippen LogP contribution is -2.04. The fourth-order valence-electron chi connectivity index (χ4n) is 2.00. The van der Waals surface area contributed by atoms with Crippen LogP contribution in [-0.2, 0) is 0 Å². The van der Waals surface area contributed by atoms with E-state index in [1.165, 1.54) is 25.8 Å². The van der Waals surface area contributed by atoms with Crippen molar-refractivity contribution in [1.29, 1.82) is 0 Å². The van der Waals surface area contributed by atoms with E-state index in [9.17, 15) is 9.90 Å². The average molecular weight is 280 g/mol. The van der Waals surface area contributed by atoms with E-state index in [0.717, 1.165) is 12.8 Å². The molecule has 4 nitrogen and oxygen atoms in total. The highest BCUT2D eigenvalue weighted by molar-refractivity contribution is 5.99. The van der Waals surface area contributed by atoms with Crippen LogP contribution in [0.3, 0.4) is 0 Å². The quantitative estimate of drug-likeness (QED) is 0.549. The van der Waals surface area contributed by atoms with E-state index < -0.39 is 0 Å². The molecule has 0 fully saturated rings. The van der Waals surface area contributed by atoms with Gasteiger partial charge in [0.15, 0.2) is 5.78 Å². The molecule has 0 aliphatic heterocycles. The zero-order valence-electron chi connectivity index (χ0n) is 12.6. The van der Waals surface area contributed by atoms with Crippen molar-refractivity contribution in [2.24, 2.45) is 0 Å². The molecule has 20 heavy (non-hydrogen) atoms. The standard InChI is InChI=1S/C16H24O4/c1-4-6-7-8-9-20-15-11-13(19-5-2)10-14(18)16(15)12(3)17/h10-11,18H,4-9H2,1-3H3. The predicted molar refractivity (Wildman–Crippen MR) is 78.9 cm³/mol. The molecule has 0 amide bonds. The number of hydrogen-bond acceptors (Lipinski definition) is 4. The van der Waals surface area contributed by atoms with Crippen LogP contribution in [0, 0.1) is 0 Å². The van der Waals surface area contributed by atoms with E-state index in [0.29, 0.717) is 24.7 Å². The monoisotopic (exact) mass is 280 g/mol. The summed E-state index contributed by atoms with van der Waals surface area (Å²) in [6, 6.07) is 3.12. The summed E-state index contributed by atoms with van der Waals surface area (Å²) in [5.74, 6) is 0.608. The van der Waals surface area contributed by atoms with Gasteiger partial charge >= 0.3 is 0 Å². The fourth-order valence-corrected chi connectivity index (χ4v) is 2.00. The summed E-state index contributed by atoms with van der Waals surface area (Å²) >= 11 is 0. The summed E-state index contributed by atoms with van der Waals surface area (Å²) in [6.45, 7) is 6.46. The van der Waals surface area contributed by atoms with Gasteiger partial charge in [-0.2, -0.15) is 0 Å². The minimum atomic E-state index is -0.214. The third kappa shape index (κ3) is 4.76. The summed E-state index contributed by atoms with van der Waals surface area (Å²) in [5, 5.41) is 9.93. The molecule has 0 radical (unpaired) electrons. The number of phenolic OH excluding ortho intramolecular Hbond substituents is 1. The molecule has 0 bridgehead atoms. The number of benzene rings is 1. The van der Waals surface area contributed by atoms with Gasteiger partial charge in [-0.25, -0.2) is 0 Å². The molecule has 4 heteroatoms. The van der Waals surface area contributed by atoms with Gasteiger partial charge in [0, 0.05) is 12.1 Å². The summed E-state index contributed by atoms with van der Waals surface area (Å²) in [6.07, 6.45) is 4.38. The molecular weight excluding hydrogens is 256 g/mol. The van der Waals surface area contributed by atoms with Crippen LogP contribution in [0.2, 0.25) is 0 Å². The number of Topliss-reactive ketones (excluding diaryl/α,β-unsaturated/α-hetero) is 1. The van der Waals surface area contributed by atoms with Gasteiger partial charge in [0.1, 0.15) is 22.8 Å². The van der Waals surface area contributed by atoms with Gasteiger partial charge in [-0.3, -0.25) is 4.79 Å². The molecule has 1 aromatic rings. The molecule has 0 aliphatic rings. The minimum Gasteiger partial charge on any atom is -0.507 e. The number of ketones is 1. The Morgan fingerprint density at radius 2 is 1.90 bits per heavy atom. The van der Waals surface area contributed by atoms with Crippen LogP contribution in [0.4, 0.5) is 0 Å². The molecule has 0 atom stereocenters. The van der Waals surface area contributed by atoms with E-state index in [2.05, 4.69) is 6.92 Å². The molecule has 0 saturated heterocycles. The number of ether oxygens (including phenoxy) is 2. The molecule has 0 spiro atoms. The van der Waals surface area contributed by atoms with Gasteiger partial charge < -0.3 is 14.6 Å². The highest BCUT2D eigenvalue weighted by atomic mass is 16.5. The van der Waals surface area contributed by atoms with E-state index in [-0.39, 0.29) is 17.1 Å². The van der Waals surface area contributed by atoms with Gasteiger partial charge in [0.25, 0.3) is 0 Å². The van der Waals surface area contributed by atoms with Crippen LogP contribution in [-0.4, -0.2) is 24.1 Å². The van der Waals surface area contributed by atoms with Crippen molar-refractivity contribution in [2.45, 2.75) is 46.5 Å². The number of hydrogen-bond donors (Lipinski definition) is 1. The van der Waals surface area contributed by atoms with Gasteiger partial charge in [0.05, 0.1) is 13.2 Å². The highest BCUT2D eigenvalue weighted by Crippen LogP contribution is 2.34. The van der Waals surface area contributed by atoms with E-state index in [4.69, 9.17) is 9.47 Å². The van der Waals surface area contributed by atoms with Crippen molar-refractivity contribution in [3.05, 3.63) is 17.7 Å². The maximum Gasteiger partial charge on any atom is 0.167 e. The van der Waals surface area contributed by atoms with Crippen LogP contribution in [0.25, 0.3) is 0 Å². The zero-order chi connectivity index (χ0) is 15.0. The minimum absolute atomic E-state index is 0.0907. The third-order valence-electron chi connectivity index (χ3n) is 2.97. The van der Waals surface area contributed by atoms with Crippen LogP contribution < -0.4 is 9.47 Å². The van der Waals surface area contributed by atoms with Crippen molar-refractivity contribution in [1.82, 2.24) is 0 Å². The Morgan fingerprint density at radius 1 is 1.15 bits per heavy atom. The molecule has 0 unspecified atom stereocenters. The second kappa shape index (κ2) is 8.46. The van der Waals surface area contributed by atoms with Crippen molar-refractivity contribution in [3.63, 3.8) is 0 Å². The van der Waals surface area contributed by atoms with Gasteiger partial charge in [-0.15, -0.1) is 0 Å². The van der Waals surface area contributed by atoms with E-state index in [1.807, 2.05) is 6.92 Å². The first-order valence-electron chi connectivity index (χ1n) is 7.23. The molecule has 0 saturated carbocycles. The molecule has 1 aromatic carbocycles. The third-order valence-corrected chi connectivity index (χ3v) is 2.97. The average Bonchev–Trinajstić information content (AvgIpc) is 2.38. The lowest BCUT2D eigenvalue weighted by Gasteiger charge is -2.13. The molecule has 0 aliphatic carbocycles. The molecule has 0 aromatic heterocycles. The van der Waals surface area contributed by atoms with Crippen LogP contribution in [0.1, 0.15) is 56.8 Å². The SMILES string of the molecule is CCCCCCOc1cc(OCC)cc(O)c1C(C)=O. The zero-order valence-corrected chi connectivity index (χ0v) is 12.6. The summed E-state index contributed by atoms with van der Waals surface area (Å²) < 4.78 is 11.0. The number of phenols is 1. The Bertz CT molecular complexity index is 440. The Hall–Kier alpha value is -1.71. The second-order valence-corrected chi connectivity index (χ2v) is 4.71. The maximum absolute atomic E-state index is 11.6. The fraction of sp³-hybridized carbons (Fsp3) is 0.562. The van der Waals surface area contributed by atoms with Gasteiger partial charge in [0.2, 0.25) is 0 Å². The first-order valence-corrected chi connectivity index (χ1v) is 7.23. The highest BCUT2D eigenvalue weighted by Gasteiger charge is 2.16. The number of carbonyl (C=O) groups excluding carboxylic acids is 1. The molecule has 112 valence electrons. The van der Waals surface area contributed by atoms with Crippen molar-refractivity contribution < 1.29 is 19.4 Å². The lowest BCUT2D eigenvalue weighted by molar-refractivity contribution is 0.101. The van der Waals surface area contributed by atoms with Crippen molar-refractivity contribution in [3.8, 4) is 17.2 Å². The van der Waals surface area contributed by atoms with Gasteiger partial charge in [-0.05, 0) is 20.3 Å². The maximum atomic E-state index is 11.6. The molecule has 1 rings (SSSR count). The van der Waals surface area contributed by atoms with Crippen molar-refractivity contribution in [2.75, 3.05) is 13.2 Å². The predicted octanol–water partition coefficient (Wildman–Crippen LogP) is 3.95. The Kier molecular flexibility index (Phi) is 6.91. The molecule has 0 heterocycles. The van der Waals surface area contributed by atoms with Gasteiger partial charge in [-0.1, -0.05) is 26.2 Å². The topological polar surface area (TPSA) is 55.8 Å². The Balaban J connectivity index is 2.81. The Labute approximate surface area is 120 Å². The smallest absolute Gasteiger partial charge is 0.167 e. The van der Waals surface area contributed by atoms with Crippen molar-refractivity contribution >= 4 is 5.78 Å². The summed E-state index contributed by atoms with van der Waals surface area (Å²) in [5.41, 5.74) is 0.226. The van der Waals surface area contributed by atoms with E-state index in [1.54, 1.807) is 6.07 Å². The summed E-state index contributed by atoms with van der Waals surface area (Å²) in [7, 11) is 0. The van der Waals surface area contributed by atoms with Crippen LogP contribution in [0.5, 0.6) is 17.2 Å². The first-order chi connectivity index (χ1) is 9.60. The molecular formula is C16H24O4. The number of unbranched alkanes of at least 4 members (excludes halogenated alkanes) is 3. The first kappa shape index (κ1) is 16.3.